The average molecular weight is 373 g/mol. The molecule has 1 fully saturated rings. The first-order valence-corrected chi connectivity index (χ1v) is 8.12. The molecule has 0 saturated carbocycles. The Bertz CT molecular complexity index is 748. The van der Waals surface area contributed by atoms with E-state index in [1.54, 1.807) is 6.20 Å². The molecule has 2 N–H and O–H groups in total. The van der Waals surface area contributed by atoms with Gasteiger partial charge in [-0.15, -0.1) is 0 Å². The minimum absolute atomic E-state index is 0.00358. The van der Waals surface area contributed by atoms with Gasteiger partial charge in [-0.1, -0.05) is 11.6 Å². The number of carbonyl (C=O) groups is 1. The van der Waals surface area contributed by atoms with Crippen molar-refractivity contribution in [1.29, 1.82) is 0 Å². The highest BCUT2D eigenvalue weighted by molar-refractivity contribution is 6.30. The summed E-state index contributed by atoms with van der Waals surface area (Å²) in [5.74, 6) is -0.501. The van der Waals surface area contributed by atoms with Crippen molar-refractivity contribution in [2.75, 3.05) is 18.4 Å². The van der Waals surface area contributed by atoms with Gasteiger partial charge < -0.3 is 5.32 Å². The van der Waals surface area contributed by atoms with Crippen molar-refractivity contribution in [3.05, 3.63) is 46.7 Å². The van der Waals surface area contributed by atoms with Crippen LogP contribution in [-0.4, -0.2) is 34.1 Å². The molecule has 1 aliphatic heterocycles. The van der Waals surface area contributed by atoms with Crippen LogP contribution in [0.25, 0.3) is 0 Å². The maximum absolute atomic E-state index is 13.1. The molecule has 1 aliphatic rings. The van der Waals surface area contributed by atoms with Crippen molar-refractivity contribution in [2.24, 2.45) is 0 Å². The third-order valence-electron chi connectivity index (χ3n) is 4.15. The number of alkyl halides is 3. The van der Waals surface area contributed by atoms with Crippen LogP contribution in [0.5, 0.6) is 0 Å². The second-order valence-electron chi connectivity index (χ2n) is 5.88. The third-order valence-corrected chi connectivity index (χ3v) is 4.39. The molecule has 0 radical (unpaired) electrons. The lowest BCUT2D eigenvalue weighted by molar-refractivity contribution is -0.137. The van der Waals surface area contributed by atoms with Gasteiger partial charge in [0.1, 0.15) is 0 Å². The first-order chi connectivity index (χ1) is 11.8. The van der Waals surface area contributed by atoms with E-state index in [9.17, 15) is 18.0 Å². The van der Waals surface area contributed by atoms with Gasteiger partial charge in [-0.25, -0.2) is 0 Å². The molecule has 25 heavy (non-hydrogen) atoms. The Hall–Kier alpha value is -2.06. The molecule has 1 amide bonds. The van der Waals surface area contributed by atoms with E-state index in [1.807, 2.05) is 11.0 Å². The molecule has 0 unspecified atom stereocenters. The number of benzene rings is 1. The zero-order valence-corrected chi connectivity index (χ0v) is 13.9. The van der Waals surface area contributed by atoms with E-state index in [0.717, 1.165) is 24.6 Å². The van der Waals surface area contributed by atoms with Crippen molar-refractivity contribution < 1.29 is 18.0 Å². The molecule has 3 rings (SSSR count). The molecule has 5 nitrogen and oxygen atoms in total. The third kappa shape index (κ3) is 4.13. The fourth-order valence-corrected chi connectivity index (χ4v) is 3.23. The van der Waals surface area contributed by atoms with Crippen molar-refractivity contribution in [1.82, 2.24) is 15.1 Å². The monoisotopic (exact) mass is 372 g/mol. The fourth-order valence-electron chi connectivity index (χ4n) is 3.05. The Morgan fingerprint density at radius 3 is 2.88 bits per heavy atom. The Morgan fingerprint density at radius 1 is 1.40 bits per heavy atom. The van der Waals surface area contributed by atoms with E-state index in [0.29, 0.717) is 6.54 Å². The fraction of sp³-hybridized carbons (Fsp3) is 0.375. The lowest BCUT2D eigenvalue weighted by atomic mass is 10.1. The molecule has 1 atom stereocenters. The zero-order valence-electron chi connectivity index (χ0n) is 13.1. The van der Waals surface area contributed by atoms with Crippen LogP contribution in [0.4, 0.5) is 18.9 Å². The number of halogens is 4. The van der Waals surface area contributed by atoms with Gasteiger partial charge in [0.15, 0.2) is 0 Å². The van der Waals surface area contributed by atoms with E-state index in [-0.39, 0.29) is 23.3 Å². The quantitative estimate of drug-likeness (QED) is 0.856. The van der Waals surface area contributed by atoms with Crippen molar-refractivity contribution in [3.8, 4) is 0 Å². The summed E-state index contributed by atoms with van der Waals surface area (Å²) >= 11 is 5.64. The summed E-state index contributed by atoms with van der Waals surface area (Å²) in [5.41, 5.74) is -0.355. The molecule has 0 bridgehead atoms. The summed E-state index contributed by atoms with van der Waals surface area (Å²) in [6.07, 6.45) is -1.19. The van der Waals surface area contributed by atoms with Gasteiger partial charge in [0.2, 0.25) is 5.91 Å². The molecule has 134 valence electrons. The smallest absolute Gasteiger partial charge is 0.324 e. The number of hydrogen-bond donors (Lipinski definition) is 2. The summed E-state index contributed by atoms with van der Waals surface area (Å²) in [5, 5.41) is 9.10. The predicted molar refractivity (Wildman–Crippen MR) is 87.2 cm³/mol. The first kappa shape index (κ1) is 17.8. The summed E-state index contributed by atoms with van der Waals surface area (Å²) in [4.78, 5) is 14.2. The number of aromatic nitrogens is 2. The molecular weight excluding hydrogens is 357 g/mol. The van der Waals surface area contributed by atoms with Gasteiger partial charge in [0.25, 0.3) is 0 Å². The van der Waals surface area contributed by atoms with Gasteiger partial charge in [-0.05, 0) is 43.7 Å². The highest BCUT2D eigenvalue weighted by Gasteiger charge is 2.35. The highest BCUT2D eigenvalue weighted by Crippen LogP contribution is 2.36. The number of amides is 1. The largest absolute Gasteiger partial charge is 0.418 e. The number of carbonyl (C=O) groups excluding carboxylic acids is 1. The maximum Gasteiger partial charge on any atom is 0.418 e. The van der Waals surface area contributed by atoms with E-state index in [1.165, 1.54) is 12.1 Å². The lowest BCUT2D eigenvalue weighted by Crippen LogP contribution is -2.33. The minimum atomic E-state index is -4.60. The number of rotatable bonds is 4. The molecule has 1 aromatic carbocycles. The van der Waals surface area contributed by atoms with Gasteiger partial charge in [-0.2, -0.15) is 18.3 Å². The first-order valence-electron chi connectivity index (χ1n) is 7.74. The standard InChI is InChI=1S/C16H16ClF3N4O/c17-10-3-4-12(11(8-10)16(18,19)20)22-15(25)9-24-7-1-2-14(24)13-5-6-21-23-13/h3-6,8,14H,1-2,7,9H2,(H,21,23)(H,22,25)/t14-/m1/s1. The van der Waals surface area contributed by atoms with Crippen LogP contribution in [0.15, 0.2) is 30.5 Å². The van der Waals surface area contributed by atoms with Crippen molar-refractivity contribution in [3.63, 3.8) is 0 Å². The Labute approximate surface area is 147 Å². The summed E-state index contributed by atoms with van der Waals surface area (Å²) in [6, 6.07) is 5.14. The normalized spacial score (nSPS) is 18.5. The van der Waals surface area contributed by atoms with Crippen LogP contribution in [0, 0.1) is 0 Å². The topological polar surface area (TPSA) is 61.0 Å². The minimum Gasteiger partial charge on any atom is -0.324 e. The Balaban J connectivity index is 1.71. The van der Waals surface area contributed by atoms with E-state index < -0.39 is 17.6 Å². The molecule has 0 spiro atoms. The van der Waals surface area contributed by atoms with Crippen LogP contribution in [0.1, 0.15) is 30.1 Å². The molecule has 2 heterocycles. The lowest BCUT2D eigenvalue weighted by Gasteiger charge is -2.23. The number of aromatic amines is 1. The number of hydrogen-bond acceptors (Lipinski definition) is 3. The van der Waals surface area contributed by atoms with Crippen LogP contribution in [-0.2, 0) is 11.0 Å². The van der Waals surface area contributed by atoms with E-state index in [2.05, 4.69) is 15.5 Å². The number of nitrogens with zero attached hydrogens (tertiary/aromatic N) is 2. The Morgan fingerprint density at radius 2 is 2.20 bits per heavy atom. The van der Waals surface area contributed by atoms with Crippen LogP contribution in [0.2, 0.25) is 5.02 Å². The second-order valence-corrected chi connectivity index (χ2v) is 6.31. The maximum atomic E-state index is 13.1. The van der Waals surface area contributed by atoms with Crippen LogP contribution < -0.4 is 5.32 Å². The molecular formula is C16H16ClF3N4O. The molecule has 1 saturated heterocycles. The summed E-state index contributed by atoms with van der Waals surface area (Å²) < 4.78 is 39.3. The number of nitrogens with one attached hydrogen (secondary N) is 2. The van der Waals surface area contributed by atoms with Gasteiger partial charge >= 0.3 is 6.18 Å². The zero-order chi connectivity index (χ0) is 18.0. The average Bonchev–Trinajstić information content (AvgIpc) is 3.18. The van der Waals surface area contributed by atoms with Crippen molar-refractivity contribution in [2.45, 2.75) is 25.1 Å². The highest BCUT2D eigenvalue weighted by atomic mass is 35.5. The molecule has 9 heteroatoms. The van der Waals surface area contributed by atoms with Gasteiger partial charge in [-0.3, -0.25) is 14.8 Å². The second kappa shape index (κ2) is 7.05. The summed E-state index contributed by atoms with van der Waals surface area (Å²) in [7, 11) is 0. The molecule has 0 aliphatic carbocycles. The summed E-state index contributed by atoms with van der Waals surface area (Å²) in [6.45, 7) is 0.702. The predicted octanol–water partition coefficient (Wildman–Crippen LogP) is 3.86. The molecule has 1 aromatic heterocycles. The van der Waals surface area contributed by atoms with E-state index in [4.69, 9.17) is 11.6 Å². The van der Waals surface area contributed by atoms with Gasteiger partial charge in [0, 0.05) is 11.2 Å². The molecule has 2 aromatic rings. The Kier molecular flexibility index (Phi) is 5.01. The number of H-pyrrole nitrogens is 1. The van der Waals surface area contributed by atoms with E-state index >= 15 is 0 Å². The number of anilines is 1. The van der Waals surface area contributed by atoms with Gasteiger partial charge in [0.05, 0.1) is 29.5 Å². The van der Waals surface area contributed by atoms with Crippen LogP contribution in [0.3, 0.4) is 0 Å². The SMILES string of the molecule is O=C(CN1CCC[C@@H]1c1ccn[nH]1)Nc1ccc(Cl)cc1C(F)(F)F. The number of likely N-dealkylation sites (tertiary alicyclic amines) is 1. The van der Waals surface area contributed by atoms with Crippen molar-refractivity contribution >= 4 is 23.2 Å². The van der Waals surface area contributed by atoms with Crippen LogP contribution >= 0.6 is 11.6 Å².